The third-order valence-corrected chi connectivity index (χ3v) is 4.09. The van der Waals surface area contributed by atoms with Gasteiger partial charge >= 0.3 is 5.51 Å². The Balaban J connectivity index is 2.43. The fourth-order valence-corrected chi connectivity index (χ4v) is 2.32. The topological polar surface area (TPSA) is 49.9 Å². The minimum absolute atomic E-state index is 0.263. The third kappa shape index (κ3) is 2.62. The summed E-state index contributed by atoms with van der Waals surface area (Å²) in [5.41, 5.74) is -4.53. The summed E-state index contributed by atoms with van der Waals surface area (Å²) < 4.78 is 59.4. The molecule has 8 heteroatoms. The first-order chi connectivity index (χ1) is 8.72. The van der Waals surface area contributed by atoms with E-state index in [9.17, 15) is 21.6 Å². The quantitative estimate of drug-likeness (QED) is 0.921. The molecule has 2 aromatic rings. The second-order valence-corrected chi connectivity index (χ2v) is 6.04. The summed E-state index contributed by atoms with van der Waals surface area (Å²) in [6.07, 6.45) is 0. The Morgan fingerprint density at radius 2 is 1.58 bits per heavy atom. The van der Waals surface area contributed by atoms with Gasteiger partial charge in [0.25, 0.3) is 9.84 Å². The van der Waals surface area contributed by atoms with Gasteiger partial charge in [0.15, 0.2) is 0 Å². The standard InChI is InChI=1S/C11H7ClF3NO2S/c12-8-3-1-7(2-4-8)9-5-6-10(16-9)19(17,18)11(13,14)15/h1-6,16H. The first-order valence-electron chi connectivity index (χ1n) is 4.98. The van der Waals surface area contributed by atoms with Crippen molar-refractivity contribution in [2.45, 2.75) is 10.5 Å². The van der Waals surface area contributed by atoms with E-state index in [2.05, 4.69) is 4.98 Å². The number of H-pyrrole nitrogens is 1. The van der Waals surface area contributed by atoms with Gasteiger partial charge in [0.2, 0.25) is 0 Å². The van der Waals surface area contributed by atoms with Gasteiger partial charge in [-0.1, -0.05) is 23.7 Å². The van der Waals surface area contributed by atoms with Crippen LogP contribution in [0, 0.1) is 0 Å². The van der Waals surface area contributed by atoms with Crippen LogP contribution in [-0.4, -0.2) is 18.9 Å². The molecule has 0 amide bonds. The number of hydrogen-bond donors (Lipinski definition) is 1. The molecular weight excluding hydrogens is 303 g/mol. The summed E-state index contributed by atoms with van der Waals surface area (Å²) in [7, 11) is -5.35. The van der Waals surface area contributed by atoms with Crippen molar-refractivity contribution < 1.29 is 21.6 Å². The van der Waals surface area contributed by atoms with E-state index in [1.165, 1.54) is 6.07 Å². The zero-order chi connectivity index (χ0) is 14.3. The highest BCUT2D eigenvalue weighted by Crippen LogP contribution is 2.31. The zero-order valence-electron chi connectivity index (χ0n) is 9.20. The number of rotatable bonds is 2. The number of aromatic amines is 1. The smallest absolute Gasteiger partial charge is 0.345 e. The van der Waals surface area contributed by atoms with Gasteiger partial charge in [-0.05, 0) is 29.8 Å². The highest BCUT2D eigenvalue weighted by atomic mass is 35.5. The molecule has 0 saturated heterocycles. The van der Waals surface area contributed by atoms with Crippen molar-refractivity contribution in [2.75, 3.05) is 0 Å². The first-order valence-corrected chi connectivity index (χ1v) is 6.84. The second kappa shape index (κ2) is 4.57. The molecule has 3 nitrogen and oxygen atoms in total. The van der Waals surface area contributed by atoms with Crippen molar-refractivity contribution in [3.05, 3.63) is 41.4 Å². The Kier molecular flexibility index (Phi) is 3.36. The highest BCUT2D eigenvalue weighted by Gasteiger charge is 2.47. The second-order valence-electron chi connectivity index (χ2n) is 3.69. The summed E-state index contributed by atoms with van der Waals surface area (Å²) in [5, 5.41) is -0.414. The summed E-state index contributed by atoms with van der Waals surface area (Å²) >= 11 is 5.68. The van der Waals surface area contributed by atoms with Crippen LogP contribution in [0.5, 0.6) is 0 Å². The largest absolute Gasteiger partial charge is 0.503 e. The van der Waals surface area contributed by atoms with Crippen molar-refractivity contribution in [1.29, 1.82) is 0 Å². The van der Waals surface area contributed by atoms with Gasteiger partial charge < -0.3 is 4.98 Å². The maximum Gasteiger partial charge on any atom is 0.503 e. The van der Waals surface area contributed by atoms with E-state index in [4.69, 9.17) is 11.6 Å². The molecule has 0 aliphatic rings. The summed E-state index contributed by atoms with van der Waals surface area (Å²) in [6.45, 7) is 0. The minimum Gasteiger partial charge on any atom is -0.345 e. The normalized spacial score (nSPS) is 12.6. The van der Waals surface area contributed by atoms with E-state index in [1.807, 2.05) is 0 Å². The van der Waals surface area contributed by atoms with E-state index in [1.54, 1.807) is 24.3 Å². The number of benzene rings is 1. The Hall–Kier alpha value is -1.47. The SMILES string of the molecule is O=S(=O)(c1ccc(-c2ccc(Cl)cc2)[nH]1)C(F)(F)F. The molecule has 1 aromatic heterocycles. The Labute approximate surface area is 111 Å². The number of halogens is 4. The van der Waals surface area contributed by atoms with Crippen LogP contribution in [-0.2, 0) is 9.84 Å². The van der Waals surface area contributed by atoms with Crippen LogP contribution < -0.4 is 0 Å². The Bertz CT molecular complexity index is 689. The highest BCUT2D eigenvalue weighted by molar-refractivity contribution is 7.92. The Morgan fingerprint density at radius 3 is 2.11 bits per heavy atom. The van der Waals surface area contributed by atoms with E-state index in [0.717, 1.165) is 6.07 Å². The molecule has 0 unspecified atom stereocenters. The molecule has 0 aliphatic heterocycles. The lowest BCUT2D eigenvalue weighted by Crippen LogP contribution is -2.23. The Morgan fingerprint density at radius 1 is 1.00 bits per heavy atom. The molecule has 0 aliphatic carbocycles. The first kappa shape index (κ1) is 14.0. The van der Waals surface area contributed by atoms with Crippen molar-refractivity contribution >= 4 is 21.4 Å². The van der Waals surface area contributed by atoms with Crippen molar-refractivity contribution in [3.63, 3.8) is 0 Å². The number of sulfone groups is 1. The molecular formula is C11H7ClF3NO2S. The molecule has 1 aromatic carbocycles. The molecule has 19 heavy (non-hydrogen) atoms. The molecule has 0 saturated carbocycles. The van der Waals surface area contributed by atoms with Gasteiger partial charge in [-0.25, -0.2) is 8.42 Å². The number of alkyl halides is 3. The van der Waals surface area contributed by atoms with Crippen LogP contribution in [0.15, 0.2) is 41.4 Å². The van der Waals surface area contributed by atoms with Crippen molar-refractivity contribution in [3.8, 4) is 11.3 Å². The van der Waals surface area contributed by atoms with Crippen LogP contribution >= 0.6 is 11.6 Å². The van der Waals surface area contributed by atoms with Crippen LogP contribution in [0.1, 0.15) is 0 Å². The van der Waals surface area contributed by atoms with Gasteiger partial charge in [0.05, 0.1) is 0 Å². The fourth-order valence-electron chi connectivity index (χ4n) is 1.45. The molecule has 1 heterocycles. The zero-order valence-corrected chi connectivity index (χ0v) is 10.8. The maximum absolute atomic E-state index is 12.4. The van der Waals surface area contributed by atoms with E-state index in [-0.39, 0.29) is 5.69 Å². The molecule has 0 spiro atoms. The van der Waals surface area contributed by atoms with Crippen LogP contribution in [0.3, 0.4) is 0 Å². The van der Waals surface area contributed by atoms with E-state index in [0.29, 0.717) is 10.6 Å². The van der Waals surface area contributed by atoms with Crippen LogP contribution in [0.4, 0.5) is 13.2 Å². The molecule has 2 rings (SSSR count). The van der Waals surface area contributed by atoms with Crippen LogP contribution in [0.2, 0.25) is 5.02 Å². The van der Waals surface area contributed by atoms with E-state index >= 15 is 0 Å². The van der Waals surface area contributed by atoms with Gasteiger partial charge in [-0.3, -0.25) is 0 Å². The molecule has 0 fully saturated rings. The predicted molar refractivity (Wildman–Crippen MR) is 64.5 cm³/mol. The van der Waals surface area contributed by atoms with Crippen LogP contribution in [0.25, 0.3) is 11.3 Å². The monoisotopic (exact) mass is 309 g/mol. The van der Waals surface area contributed by atoms with E-state index < -0.39 is 20.4 Å². The number of aromatic nitrogens is 1. The predicted octanol–water partition coefficient (Wildman–Crippen LogP) is 3.63. The van der Waals surface area contributed by atoms with Gasteiger partial charge in [0.1, 0.15) is 5.03 Å². The molecule has 0 radical (unpaired) electrons. The third-order valence-electron chi connectivity index (χ3n) is 2.41. The lowest BCUT2D eigenvalue weighted by molar-refractivity contribution is -0.0437. The molecule has 0 bridgehead atoms. The van der Waals surface area contributed by atoms with Gasteiger partial charge in [0, 0.05) is 10.7 Å². The van der Waals surface area contributed by atoms with Gasteiger partial charge in [-0.2, -0.15) is 13.2 Å². The number of nitrogens with one attached hydrogen (secondary N) is 1. The summed E-state index contributed by atoms with van der Waals surface area (Å²) in [4.78, 5) is 2.24. The molecule has 0 atom stereocenters. The van der Waals surface area contributed by atoms with Crippen molar-refractivity contribution in [1.82, 2.24) is 4.98 Å². The minimum atomic E-state index is -5.35. The maximum atomic E-state index is 12.4. The summed E-state index contributed by atoms with van der Waals surface area (Å²) in [5.74, 6) is 0. The molecule has 1 N–H and O–H groups in total. The average molecular weight is 310 g/mol. The number of hydrogen-bond acceptors (Lipinski definition) is 2. The molecule has 102 valence electrons. The average Bonchev–Trinajstić information content (AvgIpc) is 2.78. The van der Waals surface area contributed by atoms with Gasteiger partial charge in [-0.15, -0.1) is 0 Å². The summed E-state index contributed by atoms with van der Waals surface area (Å²) in [6, 6.07) is 8.39. The lowest BCUT2D eigenvalue weighted by atomic mass is 10.2. The fraction of sp³-hybridized carbons (Fsp3) is 0.0909. The lowest BCUT2D eigenvalue weighted by Gasteiger charge is -2.05. The van der Waals surface area contributed by atoms with Crippen molar-refractivity contribution in [2.24, 2.45) is 0 Å².